The molecule has 17 unspecified atom stereocenters. The van der Waals surface area contributed by atoms with Gasteiger partial charge in [-0.05, 0) is 133 Å². The molecule has 6 heterocycles. The average Bonchev–Trinajstić information content (AvgIpc) is 3.10. The van der Waals surface area contributed by atoms with Crippen LogP contribution in [0.2, 0.25) is 0 Å². The second kappa shape index (κ2) is 13.0. The highest BCUT2D eigenvalue weighted by Gasteiger charge is 2.59. The van der Waals surface area contributed by atoms with Crippen LogP contribution < -0.4 is 5.32 Å². The Balaban J connectivity index is 0.909. The van der Waals surface area contributed by atoms with E-state index in [1.54, 1.807) is 12.1 Å². The number of hydrogen-bond acceptors (Lipinski definition) is 10. The molecule has 9 fully saturated rings. The van der Waals surface area contributed by atoms with E-state index in [1.165, 1.54) is 0 Å². The summed E-state index contributed by atoms with van der Waals surface area (Å²) < 4.78 is 67.1. The molecule has 286 valence electrons. The van der Waals surface area contributed by atoms with Gasteiger partial charge in [0.1, 0.15) is 11.6 Å². The van der Waals surface area contributed by atoms with Gasteiger partial charge in [-0.3, -0.25) is 8.98 Å². The maximum atomic E-state index is 14.1. The summed E-state index contributed by atoms with van der Waals surface area (Å²) in [6.45, 7) is 7.53. The van der Waals surface area contributed by atoms with Crippen LogP contribution in [0.1, 0.15) is 90.0 Å². The quantitative estimate of drug-likeness (QED) is 0.322. The molecule has 1 N–H and O–H groups in total. The summed E-state index contributed by atoms with van der Waals surface area (Å²) in [6.07, 6.45) is 10.2. The Morgan fingerprint density at radius 2 is 1.37 bits per heavy atom. The highest BCUT2D eigenvalue weighted by atomic mass is 32.2. The van der Waals surface area contributed by atoms with Crippen molar-refractivity contribution >= 4 is 16.1 Å². The van der Waals surface area contributed by atoms with Crippen molar-refractivity contribution in [1.82, 2.24) is 5.32 Å². The molecule has 6 saturated heterocycles. The van der Waals surface area contributed by atoms with Gasteiger partial charge in [-0.15, -0.1) is 0 Å². The van der Waals surface area contributed by atoms with E-state index in [0.29, 0.717) is 35.6 Å². The molecule has 0 spiro atoms. The summed E-state index contributed by atoms with van der Waals surface area (Å²) in [5, 5.41) is 3.78. The Labute approximate surface area is 308 Å². The fraction of sp³-hybridized carbons (Fsp3) is 0.829. The number of esters is 1. The molecular formula is C41H57NO9S. The SMILES string of the molecule is Cc1ccc(S(=O)(=O)OC2C3CC4CC5CC6CC(C)(C)OC(=O)C6NC5CC4CC3OC3CC4CC5OC6CCOCC6CC5OC4CC32)cc1. The van der Waals surface area contributed by atoms with Crippen LogP contribution >= 0.6 is 0 Å². The van der Waals surface area contributed by atoms with Gasteiger partial charge in [0.2, 0.25) is 0 Å². The van der Waals surface area contributed by atoms with Crippen molar-refractivity contribution in [2.24, 2.45) is 47.3 Å². The van der Waals surface area contributed by atoms with E-state index in [9.17, 15) is 13.2 Å². The van der Waals surface area contributed by atoms with E-state index < -0.39 is 21.8 Å². The first-order valence-corrected chi connectivity index (χ1v) is 21.9. The van der Waals surface area contributed by atoms with Crippen LogP contribution in [0.5, 0.6) is 0 Å². The molecule has 3 saturated carbocycles. The number of hydrogen-bond donors (Lipinski definition) is 1. The number of cyclic esters (lactones) is 1. The summed E-state index contributed by atoms with van der Waals surface area (Å²) in [7, 11) is -4.00. The first-order valence-electron chi connectivity index (χ1n) is 20.5. The lowest BCUT2D eigenvalue weighted by molar-refractivity contribution is -0.271. The summed E-state index contributed by atoms with van der Waals surface area (Å²) >= 11 is 0. The van der Waals surface area contributed by atoms with E-state index >= 15 is 0 Å². The molecule has 0 aromatic heterocycles. The maximum absolute atomic E-state index is 14.1. The van der Waals surface area contributed by atoms with Gasteiger partial charge in [0.25, 0.3) is 10.1 Å². The number of ether oxygens (including phenoxy) is 5. The fourth-order valence-electron chi connectivity index (χ4n) is 12.9. The zero-order valence-electron chi connectivity index (χ0n) is 30.9. The topological polar surface area (TPSA) is 119 Å². The van der Waals surface area contributed by atoms with Gasteiger partial charge in [-0.25, -0.2) is 0 Å². The van der Waals surface area contributed by atoms with Crippen molar-refractivity contribution in [2.75, 3.05) is 13.2 Å². The molecule has 3 aliphatic carbocycles. The van der Waals surface area contributed by atoms with E-state index in [4.69, 9.17) is 27.9 Å². The first-order chi connectivity index (χ1) is 25.0. The smallest absolute Gasteiger partial charge is 0.323 e. The van der Waals surface area contributed by atoms with E-state index in [1.807, 2.05) is 32.9 Å². The number of carbonyl (C=O) groups excluding carboxylic acids is 1. The second-order valence-corrected chi connectivity index (χ2v) is 20.5. The Bertz CT molecular complexity index is 1630. The molecule has 0 bridgehead atoms. The number of nitrogens with one attached hydrogen (secondary N) is 1. The highest BCUT2D eigenvalue weighted by molar-refractivity contribution is 7.86. The summed E-state index contributed by atoms with van der Waals surface area (Å²) in [4.78, 5) is 13.3. The Hall–Kier alpha value is -1.60. The van der Waals surface area contributed by atoms with Crippen molar-refractivity contribution in [3.8, 4) is 0 Å². The van der Waals surface area contributed by atoms with Gasteiger partial charge in [0.05, 0.1) is 54.2 Å². The van der Waals surface area contributed by atoms with Crippen LogP contribution in [0.3, 0.4) is 0 Å². The zero-order valence-corrected chi connectivity index (χ0v) is 31.7. The minimum atomic E-state index is -4.00. The third-order valence-electron chi connectivity index (χ3n) is 15.2. The molecule has 52 heavy (non-hydrogen) atoms. The summed E-state index contributed by atoms with van der Waals surface area (Å²) in [5.41, 5.74) is 0.588. The predicted molar refractivity (Wildman–Crippen MR) is 190 cm³/mol. The minimum Gasteiger partial charge on any atom is -0.458 e. The Morgan fingerprint density at radius 3 is 2.17 bits per heavy atom. The zero-order chi connectivity index (χ0) is 35.5. The maximum Gasteiger partial charge on any atom is 0.323 e. The van der Waals surface area contributed by atoms with Gasteiger partial charge in [-0.2, -0.15) is 8.42 Å². The number of rotatable bonds is 3. The molecule has 10 nitrogen and oxygen atoms in total. The summed E-state index contributed by atoms with van der Waals surface area (Å²) in [6, 6.07) is 7.13. The van der Waals surface area contributed by atoms with Gasteiger partial charge < -0.3 is 29.0 Å². The molecule has 11 heteroatoms. The molecule has 10 rings (SSSR count). The molecular weight excluding hydrogens is 683 g/mol. The lowest BCUT2D eigenvalue weighted by Gasteiger charge is -2.59. The third-order valence-corrected chi connectivity index (χ3v) is 16.5. The van der Waals surface area contributed by atoms with Crippen LogP contribution in [-0.4, -0.2) is 88.0 Å². The van der Waals surface area contributed by atoms with Gasteiger partial charge in [0, 0.05) is 30.4 Å². The molecule has 0 amide bonds. The average molecular weight is 740 g/mol. The number of aryl methyl sites for hydroxylation is 1. The van der Waals surface area contributed by atoms with Crippen molar-refractivity contribution in [3.05, 3.63) is 29.8 Å². The largest absolute Gasteiger partial charge is 0.458 e. The highest BCUT2D eigenvalue weighted by Crippen LogP contribution is 2.56. The van der Waals surface area contributed by atoms with Gasteiger partial charge >= 0.3 is 5.97 Å². The number of benzene rings is 1. The van der Waals surface area contributed by atoms with E-state index in [2.05, 4.69) is 5.32 Å². The third kappa shape index (κ3) is 6.20. The summed E-state index contributed by atoms with van der Waals surface area (Å²) in [5.74, 6) is 2.27. The predicted octanol–water partition coefficient (Wildman–Crippen LogP) is 5.34. The number of fused-ring (bicyclic) bond motifs is 8. The standard InChI is InChI=1S/C41H57NO9S/c1-21-4-6-28(7-5-21)52(44,45)51-39-29-12-22-10-24-11-26-19-41(2,3)50-40(43)38(26)42-31(24)13-23(22)14-34(29)49-35-15-25-16-36-37(48-33(25)18-30(35)39)17-27-20-46-9-8-32(27)47-36/h4-7,22-27,29-39,42H,8-20H2,1-3H3. The number of piperidine rings is 1. The van der Waals surface area contributed by atoms with Crippen LogP contribution in [0, 0.1) is 54.3 Å². The Morgan fingerprint density at radius 1 is 0.712 bits per heavy atom. The van der Waals surface area contributed by atoms with E-state index in [-0.39, 0.29) is 71.3 Å². The normalized spacial score (nSPS) is 49.2. The van der Waals surface area contributed by atoms with Gasteiger partial charge in [-0.1, -0.05) is 17.7 Å². The minimum absolute atomic E-state index is 0.00166. The van der Waals surface area contributed by atoms with E-state index in [0.717, 1.165) is 89.4 Å². The molecule has 9 aliphatic rings. The molecule has 1 aromatic rings. The number of carbonyl (C=O) groups is 1. The monoisotopic (exact) mass is 739 g/mol. The van der Waals surface area contributed by atoms with Crippen LogP contribution in [0.25, 0.3) is 0 Å². The van der Waals surface area contributed by atoms with Crippen LogP contribution in [-0.2, 0) is 42.8 Å². The van der Waals surface area contributed by atoms with Crippen molar-refractivity contribution in [3.63, 3.8) is 0 Å². The second-order valence-electron chi connectivity index (χ2n) is 19.0. The molecule has 6 aliphatic heterocycles. The van der Waals surface area contributed by atoms with Crippen LogP contribution in [0.15, 0.2) is 29.2 Å². The lowest BCUT2D eigenvalue weighted by Crippen LogP contribution is -2.64. The van der Waals surface area contributed by atoms with Crippen molar-refractivity contribution in [1.29, 1.82) is 0 Å². The van der Waals surface area contributed by atoms with Gasteiger partial charge in [0.15, 0.2) is 0 Å². The van der Waals surface area contributed by atoms with Crippen molar-refractivity contribution in [2.45, 2.75) is 157 Å². The molecule has 17 atom stereocenters. The fourth-order valence-corrected chi connectivity index (χ4v) is 14.1. The lowest BCUT2D eigenvalue weighted by atomic mass is 9.56. The molecule has 1 aromatic carbocycles. The molecule has 0 radical (unpaired) electrons. The van der Waals surface area contributed by atoms with Crippen molar-refractivity contribution < 1.29 is 41.1 Å². The van der Waals surface area contributed by atoms with Crippen LogP contribution in [0.4, 0.5) is 0 Å². The Kier molecular flexibility index (Phi) is 8.71. The first kappa shape index (κ1) is 34.9.